The summed E-state index contributed by atoms with van der Waals surface area (Å²) in [5.74, 6) is -0.161. The summed E-state index contributed by atoms with van der Waals surface area (Å²) in [7, 11) is 9.19. The number of aryl methyl sites for hydroxylation is 1. The number of cyclic esters (lactones) is 1. The van der Waals surface area contributed by atoms with Crippen LogP contribution in [0.2, 0.25) is 0 Å². The molecule has 4 unspecified atom stereocenters. The van der Waals surface area contributed by atoms with E-state index in [0.717, 1.165) is 62.6 Å². The first-order chi connectivity index (χ1) is 28.8. The number of nitrogens with one attached hydrogen (secondary N) is 1. The molecule has 6 aliphatic rings. The highest BCUT2D eigenvalue weighted by molar-refractivity contribution is 5.99. The Hall–Kier alpha value is -2.42. The fourth-order valence-electron chi connectivity index (χ4n) is 12.0. The van der Waals surface area contributed by atoms with Gasteiger partial charge < -0.3 is 48.1 Å². The second-order valence-corrected chi connectivity index (χ2v) is 19.1. The van der Waals surface area contributed by atoms with Crippen molar-refractivity contribution in [1.29, 1.82) is 0 Å². The smallest absolute Gasteiger partial charge is 0.306 e. The number of anilines is 1. The molecule has 1 aromatic carbocycles. The molecule has 3 aliphatic heterocycles. The number of rotatable bonds is 11. The molecule has 5 fully saturated rings. The Kier molecular flexibility index (Phi) is 15.2. The molecule has 18 atom stereocenters. The zero-order chi connectivity index (χ0) is 42.8. The minimum atomic E-state index is -0.619. The molecule has 3 saturated heterocycles. The summed E-state index contributed by atoms with van der Waals surface area (Å²) in [5, 5.41) is 3.94. The third-order valence-corrected chi connectivity index (χ3v) is 15.2. The van der Waals surface area contributed by atoms with Crippen LogP contribution in [0, 0.1) is 42.4 Å². The molecule has 1 aromatic rings. The van der Waals surface area contributed by atoms with Gasteiger partial charge in [0.25, 0.3) is 0 Å². The van der Waals surface area contributed by atoms with E-state index in [4.69, 9.17) is 37.9 Å². The number of Topliss-reactive ketones (excluding diaryl/α,β-unsaturated/α-hetero) is 1. The van der Waals surface area contributed by atoms with Crippen molar-refractivity contribution in [2.45, 2.75) is 172 Å². The van der Waals surface area contributed by atoms with E-state index in [9.17, 15) is 4.79 Å². The summed E-state index contributed by atoms with van der Waals surface area (Å²) < 4.78 is 50.5. The number of allylic oxidation sites excluding steroid dienone is 2. The van der Waals surface area contributed by atoms with Gasteiger partial charge in [0, 0.05) is 50.9 Å². The highest BCUT2D eigenvalue weighted by Crippen LogP contribution is 2.57. The Morgan fingerprint density at radius 2 is 1.57 bits per heavy atom. The first-order valence-corrected chi connectivity index (χ1v) is 23.0. The lowest BCUT2D eigenvalue weighted by molar-refractivity contribution is -0.314. The van der Waals surface area contributed by atoms with Gasteiger partial charge in [-0.05, 0) is 134 Å². The second kappa shape index (κ2) is 20.0. The van der Waals surface area contributed by atoms with Gasteiger partial charge in [0.1, 0.15) is 24.4 Å². The number of nitrogens with zero attached hydrogens (tertiary/aromatic N) is 1. The fraction of sp³-hybridized carbons (Fsp3) is 0.792. The lowest BCUT2D eigenvalue weighted by atomic mass is 9.63. The van der Waals surface area contributed by atoms with Gasteiger partial charge >= 0.3 is 5.97 Å². The minimum Gasteiger partial charge on any atom is -0.462 e. The number of carbonyl (C=O) groups excluding carboxylic acids is 2. The highest BCUT2D eigenvalue weighted by atomic mass is 16.7. The largest absolute Gasteiger partial charge is 0.462 e. The Balaban J connectivity index is 1.19. The predicted octanol–water partition coefficient (Wildman–Crippen LogP) is 7.11. The Labute approximate surface area is 359 Å². The lowest BCUT2D eigenvalue weighted by Gasteiger charge is -2.45. The van der Waals surface area contributed by atoms with Crippen molar-refractivity contribution in [3.63, 3.8) is 0 Å². The molecular formula is C48H74N2O10. The molecule has 0 aromatic heterocycles. The first-order valence-electron chi connectivity index (χ1n) is 23.0. The van der Waals surface area contributed by atoms with Crippen LogP contribution in [0.1, 0.15) is 97.5 Å². The van der Waals surface area contributed by atoms with Gasteiger partial charge in [-0.15, -0.1) is 0 Å². The Bertz CT molecular complexity index is 1620. The molecule has 12 nitrogen and oxygen atoms in total. The molecular weight excluding hydrogens is 765 g/mol. The number of hydrogen-bond donors (Lipinski definition) is 1. The van der Waals surface area contributed by atoms with Crippen LogP contribution in [0.25, 0.3) is 0 Å². The third-order valence-electron chi connectivity index (χ3n) is 15.2. The highest BCUT2D eigenvalue weighted by Gasteiger charge is 2.57. The van der Waals surface area contributed by atoms with E-state index in [2.05, 4.69) is 75.4 Å². The normalized spacial score (nSPS) is 42.6. The van der Waals surface area contributed by atoms with Crippen LogP contribution >= 0.6 is 0 Å². The maximum Gasteiger partial charge on any atom is 0.306 e. The monoisotopic (exact) mass is 839 g/mol. The van der Waals surface area contributed by atoms with Crippen LogP contribution in [0.4, 0.5) is 5.69 Å². The number of esters is 1. The van der Waals surface area contributed by atoms with Gasteiger partial charge in [-0.1, -0.05) is 37.6 Å². The van der Waals surface area contributed by atoms with Crippen molar-refractivity contribution < 1.29 is 47.5 Å². The van der Waals surface area contributed by atoms with Crippen LogP contribution in [-0.4, -0.2) is 126 Å². The average Bonchev–Trinajstić information content (AvgIpc) is 3.80. The summed E-state index contributed by atoms with van der Waals surface area (Å²) in [6.07, 6.45) is 6.84. The second-order valence-electron chi connectivity index (χ2n) is 19.1. The maximum atomic E-state index is 15.2. The van der Waals surface area contributed by atoms with E-state index in [0.29, 0.717) is 18.4 Å². The maximum absolute atomic E-state index is 15.2. The number of carbonyl (C=O) groups is 2. The number of methoxy groups -OCH3 is 3. The van der Waals surface area contributed by atoms with Crippen LogP contribution in [-0.2, 0) is 47.5 Å². The van der Waals surface area contributed by atoms with Gasteiger partial charge in [0.15, 0.2) is 18.4 Å². The zero-order valence-corrected chi connectivity index (χ0v) is 37.9. The van der Waals surface area contributed by atoms with Gasteiger partial charge in [0.05, 0.1) is 30.8 Å². The van der Waals surface area contributed by atoms with Crippen molar-refractivity contribution in [3.8, 4) is 0 Å². The quantitative estimate of drug-likeness (QED) is 0.229. The minimum absolute atomic E-state index is 0.0101. The third kappa shape index (κ3) is 9.71. The van der Waals surface area contributed by atoms with E-state index in [1.165, 1.54) is 5.56 Å². The van der Waals surface area contributed by atoms with Crippen LogP contribution in [0.15, 0.2) is 35.9 Å². The lowest BCUT2D eigenvalue weighted by Crippen LogP contribution is -2.59. The van der Waals surface area contributed by atoms with E-state index < -0.39 is 18.3 Å². The molecule has 60 heavy (non-hydrogen) atoms. The summed E-state index contributed by atoms with van der Waals surface area (Å²) in [5.41, 5.74) is 3.00. The number of ketones is 1. The van der Waals surface area contributed by atoms with Crippen molar-refractivity contribution in [3.05, 3.63) is 41.5 Å². The summed E-state index contributed by atoms with van der Waals surface area (Å²) in [4.78, 5) is 31.4. The molecule has 3 aliphatic carbocycles. The number of likely N-dealkylation sites (N-methyl/N-ethyl adjacent to an activating group) is 1. The molecule has 7 rings (SSSR count). The van der Waals surface area contributed by atoms with Gasteiger partial charge in [-0.25, -0.2) is 0 Å². The van der Waals surface area contributed by atoms with Crippen molar-refractivity contribution in [1.82, 2.24) is 4.90 Å². The SMILES string of the molecule is CC[C@H]1CCC[C@H](O[C@H]2CC[C@H](N(C)C)C(C)O2)[C@@H](C)C(=O)C2=C[C@H]3[C@@H]4C[C@H](O[C@@H]5OC(C)[C@H](OC)C(OC)C5OC)C[C@H]4C[C@H](Nc4ccc(C)cc4)[C@H]3[C@@H]2CC(=O)O1. The standard InChI is InChI=1S/C48H74N2O10/c1-11-32-13-12-14-40(60-42-20-19-39(50(6)7)28(4)56-42)27(3)44(52)37-24-35-34-23-33(59-48-47(55-10)46(54-9)45(53-8)29(5)57-48)21-30(34)22-38(43(35)36(37)25-41(51)58-32)49-31-17-15-26(2)16-18-31/h15-18,24,27-30,32-36,38-40,42-43,45-49H,11-14,19-23,25H2,1-10H3/t27-,28?,29?,30+,32+,33-,34-,35+,36-,38+,39+,40+,42+,43-,45+,46?,47?,48+/m1/s1. The zero-order valence-electron chi connectivity index (χ0n) is 37.9. The van der Waals surface area contributed by atoms with Gasteiger partial charge in [-0.3, -0.25) is 9.59 Å². The first kappa shape index (κ1) is 45.6. The summed E-state index contributed by atoms with van der Waals surface area (Å²) >= 11 is 0. The molecule has 336 valence electrons. The van der Waals surface area contributed by atoms with Crippen molar-refractivity contribution in [2.75, 3.05) is 40.7 Å². The van der Waals surface area contributed by atoms with Gasteiger partial charge in [0.2, 0.25) is 0 Å². The van der Waals surface area contributed by atoms with E-state index >= 15 is 4.79 Å². The average molecular weight is 839 g/mol. The molecule has 0 bridgehead atoms. The van der Waals surface area contributed by atoms with Crippen LogP contribution in [0.5, 0.6) is 0 Å². The van der Waals surface area contributed by atoms with E-state index in [-0.39, 0.29) is 96.9 Å². The molecule has 0 radical (unpaired) electrons. The topological polar surface area (TPSA) is 123 Å². The molecule has 2 saturated carbocycles. The van der Waals surface area contributed by atoms with Gasteiger partial charge in [-0.2, -0.15) is 0 Å². The number of hydrogen-bond acceptors (Lipinski definition) is 12. The Morgan fingerprint density at radius 3 is 2.23 bits per heavy atom. The fourth-order valence-corrected chi connectivity index (χ4v) is 12.0. The molecule has 0 amide bonds. The molecule has 12 heteroatoms. The van der Waals surface area contributed by atoms with E-state index in [1.807, 2.05) is 13.8 Å². The van der Waals surface area contributed by atoms with Crippen LogP contribution in [0.3, 0.4) is 0 Å². The van der Waals surface area contributed by atoms with Crippen LogP contribution < -0.4 is 5.32 Å². The molecule has 3 heterocycles. The van der Waals surface area contributed by atoms with E-state index in [1.54, 1.807) is 21.3 Å². The Morgan fingerprint density at radius 1 is 0.833 bits per heavy atom. The number of benzene rings is 1. The number of ether oxygens (including phenoxy) is 8. The summed E-state index contributed by atoms with van der Waals surface area (Å²) in [6, 6.07) is 8.87. The molecule has 1 N–H and O–H groups in total. The predicted molar refractivity (Wildman–Crippen MR) is 228 cm³/mol. The van der Waals surface area contributed by atoms with Crippen molar-refractivity contribution >= 4 is 17.4 Å². The number of fused-ring (bicyclic) bond motifs is 5. The van der Waals surface area contributed by atoms with Crippen molar-refractivity contribution in [2.24, 2.45) is 35.5 Å². The summed E-state index contributed by atoms with van der Waals surface area (Å²) in [6.45, 7) is 10.3. The molecule has 0 spiro atoms.